The Morgan fingerprint density at radius 2 is 2.05 bits per heavy atom. The van der Waals surface area contributed by atoms with Gasteiger partial charge < -0.3 is 10.4 Å². The molecule has 0 bridgehead atoms. The first-order valence-corrected chi connectivity index (χ1v) is 6.88. The van der Waals surface area contributed by atoms with Gasteiger partial charge in [0.1, 0.15) is 0 Å². The number of nitrogens with one attached hydrogen (secondary N) is 1. The molecule has 0 unspecified atom stereocenters. The minimum Gasteiger partial charge on any atom is -0.478 e. The summed E-state index contributed by atoms with van der Waals surface area (Å²) in [4.78, 5) is 12.1. The van der Waals surface area contributed by atoms with Crippen LogP contribution in [0.25, 0.3) is 0 Å². The van der Waals surface area contributed by atoms with Crippen LogP contribution in [0.5, 0.6) is 0 Å². The maximum atomic E-state index is 12.6. The van der Waals surface area contributed by atoms with Crippen molar-refractivity contribution in [1.82, 2.24) is 0 Å². The second-order valence-electron chi connectivity index (χ2n) is 4.44. The molecule has 0 spiro atoms. The van der Waals surface area contributed by atoms with Gasteiger partial charge in [0.15, 0.2) is 0 Å². The highest BCUT2D eigenvalue weighted by Crippen LogP contribution is 2.32. The number of alkyl halides is 3. The number of carboxylic acid groups (broad SMARTS) is 1. The van der Waals surface area contributed by atoms with E-state index in [4.69, 9.17) is 5.11 Å². The zero-order valence-electron chi connectivity index (χ0n) is 11.0. The third kappa shape index (κ3) is 3.55. The van der Waals surface area contributed by atoms with E-state index in [9.17, 15) is 18.0 Å². The molecule has 2 rings (SSSR count). The van der Waals surface area contributed by atoms with Gasteiger partial charge in [-0.1, -0.05) is 0 Å². The van der Waals surface area contributed by atoms with Crippen molar-refractivity contribution in [2.75, 3.05) is 5.32 Å². The van der Waals surface area contributed by atoms with E-state index in [1.165, 1.54) is 11.3 Å². The Balaban J connectivity index is 2.27. The summed E-state index contributed by atoms with van der Waals surface area (Å²) in [6.07, 6.45) is -4.56. The van der Waals surface area contributed by atoms with Gasteiger partial charge in [-0.3, -0.25) is 0 Å². The number of benzene rings is 1. The fraction of sp³-hybridized carbons (Fsp3) is 0.214. The van der Waals surface area contributed by atoms with E-state index in [-0.39, 0.29) is 11.3 Å². The normalized spacial score (nSPS) is 11.4. The molecule has 0 fully saturated rings. The summed E-state index contributed by atoms with van der Waals surface area (Å²) >= 11 is 1.50. The average molecular weight is 315 g/mol. The van der Waals surface area contributed by atoms with Crippen LogP contribution in [0.3, 0.4) is 0 Å². The van der Waals surface area contributed by atoms with E-state index in [0.717, 1.165) is 22.6 Å². The van der Waals surface area contributed by atoms with Gasteiger partial charge in [-0.05, 0) is 42.1 Å². The number of aryl methyl sites for hydroxylation is 1. The van der Waals surface area contributed by atoms with Crippen LogP contribution in [0.2, 0.25) is 0 Å². The smallest absolute Gasteiger partial charge is 0.416 e. The molecule has 0 saturated heterocycles. The first-order chi connectivity index (χ1) is 9.79. The van der Waals surface area contributed by atoms with Crippen molar-refractivity contribution in [3.63, 3.8) is 0 Å². The third-order valence-corrected chi connectivity index (χ3v) is 4.01. The second-order valence-corrected chi connectivity index (χ2v) is 5.44. The lowest BCUT2D eigenvalue weighted by atomic mass is 10.1. The van der Waals surface area contributed by atoms with Crippen molar-refractivity contribution >= 4 is 23.0 Å². The summed E-state index contributed by atoms with van der Waals surface area (Å²) in [6, 6.07) is 4.59. The number of thiophene rings is 1. The van der Waals surface area contributed by atoms with Crippen LogP contribution < -0.4 is 5.32 Å². The predicted octanol–water partition coefficient (Wildman–Crippen LogP) is 4.39. The van der Waals surface area contributed by atoms with E-state index in [1.807, 2.05) is 18.4 Å². The number of aromatic carboxylic acids is 1. The van der Waals surface area contributed by atoms with Gasteiger partial charge in [0, 0.05) is 17.1 Å². The molecular weight excluding hydrogens is 303 g/mol. The van der Waals surface area contributed by atoms with E-state index >= 15 is 0 Å². The first kappa shape index (κ1) is 15.4. The van der Waals surface area contributed by atoms with Crippen LogP contribution in [0, 0.1) is 6.92 Å². The fourth-order valence-corrected chi connectivity index (χ4v) is 2.66. The first-order valence-electron chi connectivity index (χ1n) is 6.00. The second kappa shape index (κ2) is 5.77. The molecule has 0 aliphatic carbocycles. The molecule has 0 atom stereocenters. The number of rotatable bonds is 4. The number of halogens is 3. The van der Waals surface area contributed by atoms with Crippen LogP contribution in [0.4, 0.5) is 18.9 Å². The lowest BCUT2D eigenvalue weighted by molar-refractivity contribution is -0.137. The van der Waals surface area contributed by atoms with E-state index < -0.39 is 17.7 Å². The highest BCUT2D eigenvalue weighted by Gasteiger charge is 2.31. The fourth-order valence-electron chi connectivity index (χ4n) is 1.81. The lowest BCUT2D eigenvalue weighted by Gasteiger charge is -2.12. The standard InChI is InChI=1S/C14H12F3NO2S/c1-8-4-5-21-12(8)7-18-11-3-2-9(14(15,16)17)6-10(11)13(19)20/h2-6,18H,7H2,1H3,(H,19,20). The molecule has 2 N–H and O–H groups in total. The summed E-state index contributed by atoms with van der Waals surface area (Å²) in [5.41, 5.74) is -0.142. The SMILES string of the molecule is Cc1ccsc1CNc1ccc(C(F)(F)F)cc1C(=O)O. The molecule has 1 aromatic carbocycles. The predicted molar refractivity (Wildman–Crippen MR) is 74.8 cm³/mol. The Hall–Kier alpha value is -2.02. The van der Waals surface area contributed by atoms with Crippen molar-refractivity contribution in [3.05, 3.63) is 51.2 Å². The van der Waals surface area contributed by atoms with Crippen LogP contribution in [0.15, 0.2) is 29.6 Å². The Morgan fingerprint density at radius 3 is 2.57 bits per heavy atom. The van der Waals surface area contributed by atoms with Gasteiger partial charge in [-0.15, -0.1) is 11.3 Å². The summed E-state index contributed by atoms with van der Waals surface area (Å²) in [5, 5.41) is 13.8. The number of carboxylic acids is 1. The molecule has 3 nitrogen and oxygen atoms in total. The summed E-state index contributed by atoms with van der Waals surface area (Å²) in [6.45, 7) is 2.29. The summed E-state index contributed by atoms with van der Waals surface area (Å²) < 4.78 is 37.8. The Labute approximate surface area is 123 Å². The zero-order chi connectivity index (χ0) is 15.6. The molecule has 0 radical (unpaired) electrons. The van der Waals surface area contributed by atoms with E-state index in [2.05, 4.69) is 5.32 Å². The molecule has 112 valence electrons. The van der Waals surface area contributed by atoms with E-state index in [1.54, 1.807) is 0 Å². The highest BCUT2D eigenvalue weighted by atomic mass is 32.1. The van der Waals surface area contributed by atoms with Gasteiger partial charge >= 0.3 is 12.1 Å². The maximum Gasteiger partial charge on any atom is 0.416 e. The number of carbonyl (C=O) groups is 1. The maximum absolute atomic E-state index is 12.6. The molecule has 0 amide bonds. The van der Waals surface area contributed by atoms with Crippen molar-refractivity contribution < 1.29 is 23.1 Å². The molecule has 1 heterocycles. The van der Waals surface area contributed by atoms with Crippen molar-refractivity contribution in [2.45, 2.75) is 19.6 Å². The minimum atomic E-state index is -4.56. The van der Waals surface area contributed by atoms with E-state index in [0.29, 0.717) is 12.6 Å². The minimum absolute atomic E-state index is 0.170. The van der Waals surface area contributed by atoms with Crippen LogP contribution in [0.1, 0.15) is 26.4 Å². The largest absolute Gasteiger partial charge is 0.478 e. The van der Waals surface area contributed by atoms with Gasteiger partial charge in [-0.2, -0.15) is 13.2 Å². The lowest BCUT2D eigenvalue weighted by Crippen LogP contribution is -2.11. The Bertz CT molecular complexity index is 664. The molecule has 1 aromatic heterocycles. The highest BCUT2D eigenvalue weighted by molar-refractivity contribution is 7.10. The molecule has 7 heteroatoms. The summed E-state index contributed by atoms with van der Waals surface area (Å²) in [7, 11) is 0. The zero-order valence-corrected chi connectivity index (χ0v) is 11.8. The van der Waals surface area contributed by atoms with Gasteiger partial charge in [0.2, 0.25) is 0 Å². The topological polar surface area (TPSA) is 49.3 Å². The molecule has 0 aliphatic heterocycles. The number of hydrogen-bond acceptors (Lipinski definition) is 3. The summed E-state index contributed by atoms with van der Waals surface area (Å²) in [5.74, 6) is -1.40. The third-order valence-electron chi connectivity index (χ3n) is 2.98. The monoisotopic (exact) mass is 315 g/mol. The van der Waals surface area contributed by atoms with Crippen LogP contribution in [-0.4, -0.2) is 11.1 Å². The Kier molecular flexibility index (Phi) is 4.22. The number of hydrogen-bond donors (Lipinski definition) is 2. The van der Waals surface area contributed by atoms with Crippen molar-refractivity contribution in [2.24, 2.45) is 0 Å². The molecule has 2 aromatic rings. The average Bonchev–Trinajstić information content (AvgIpc) is 2.80. The quantitative estimate of drug-likeness (QED) is 0.880. The molecular formula is C14H12F3NO2S. The van der Waals surface area contributed by atoms with Gasteiger partial charge in [0.25, 0.3) is 0 Å². The van der Waals surface area contributed by atoms with Crippen LogP contribution >= 0.6 is 11.3 Å². The molecule has 21 heavy (non-hydrogen) atoms. The number of anilines is 1. The molecule has 0 saturated carbocycles. The molecule has 0 aliphatic rings. The van der Waals surface area contributed by atoms with Crippen molar-refractivity contribution in [1.29, 1.82) is 0 Å². The van der Waals surface area contributed by atoms with Crippen molar-refractivity contribution in [3.8, 4) is 0 Å². The van der Waals surface area contributed by atoms with Gasteiger partial charge in [-0.25, -0.2) is 4.79 Å². The van der Waals surface area contributed by atoms with Crippen LogP contribution in [-0.2, 0) is 12.7 Å². The Morgan fingerprint density at radius 1 is 1.33 bits per heavy atom. The van der Waals surface area contributed by atoms with Gasteiger partial charge in [0.05, 0.1) is 11.1 Å².